The number of benzene rings is 1. The van der Waals surface area contributed by atoms with Gasteiger partial charge in [0.25, 0.3) is 11.8 Å². The number of hydrogen-bond donors (Lipinski definition) is 1. The molecule has 0 bridgehead atoms. The predicted octanol–water partition coefficient (Wildman–Crippen LogP) is 1.92. The molecule has 1 aromatic heterocycles. The number of nitrogens with two attached hydrogens (primary N) is 1. The molecule has 1 fully saturated rings. The second-order valence-corrected chi connectivity index (χ2v) is 4.22. The molecule has 88 valence electrons. The van der Waals surface area contributed by atoms with Crippen LogP contribution >= 0.6 is 0 Å². The Morgan fingerprint density at radius 2 is 1.82 bits per heavy atom. The van der Waals surface area contributed by atoms with Gasteiger partial charge in [-0.15, -0.1) is 0 Å². The lowest BCUT2D eigenvalue weighted by Crippen LogP contribution is -2.18. The molecule has 0 atom stereocenters. The van der Waals surface area contributed by atoms with Crippen molar-refractivity contribution in [3.05, 3.63) is 24.3 Å². The van der Waals surface area contributed by atoms with E-state index in [2.05, 4.69) is 15.0 Å². The molecule has 0 unspecified atom stereocenters. The van der Waals surface area contributed by atoms with E-state index in [-0.39, 0.29) is 0 Å². The molecule has 0 saturated carbocycles. The average molecular weight is 230 g/mol. The maximum atomic E-state index is 5.63. The van der Waals surface area contributed by atoms with Gasteiger partial charge in [-0.25, -0.2) is 0 Å². The molecule has 2 N–H and O–H groups in total. The molecular formula is C12H14N4O. The monoisotopic (exact) mass is 230 g/mol. The van der Waals surface area contributed by atoms with Crippen LogP contribution in [0.1, 0.15) is 12.8 Å². The van der Waals surface area contributed by atoms with E-state index >= 15 is 0 Å². The highest BCUT2D eigenvalue weighted by molar-refractivity contribution is 5.58. The molecule has 5 nitrogen and oxygen atoms in total. The summed E-state index contributed by atoms with van der Waals surface area (Å²) in [6, 6.07) is 7.43. The molecule has 0 aliphatic carbocycles. The first-order valence-electron chi connectivity index (χ1n) is 5.77. The number of hydrogen-bond acceptors (Lipinski definition) is 5. The van der Waals surface area contributed by atoms with Crippen LogP contribution in [0.15, 0.2) is 28.8 Å². The number of nitrogens with zero attached hydrogens (tertiary/aromatic N) is 3. The zero-order valence-corrected chi connectivity index (χ0v) is 9.47. The Balaban J connectivity index is 1.86. The van der Waals surface area contributed by atoms with E-state index in [1.165, 1.54) is 12.8 Å². The van der Waals surface area contributed by atoms with Gasteiger partial charge in [0.05, 0.1) is 0 Å². The summed E-state index contributed by atoms with van der Waals surface area (Å²) in [6.07, 6.45) is 2.40. The third-order valence-electron chi connectivity index (χ3n) is 2.96. The third kappa shape index (κ3) is 1.95. The lowest BCUT2D eigenvalue weighted by molar-refractivity contribution is 0.430. The van der Waals surface area contributed by atoms with Crippen molar-refractivity contribution in [3.63, 3.8) is 0 Å². The van der Waals surface area contributed by atoms with Gasteiger partial charge in [-0.05, 0) is 42.3 Å². The number of nitrogen functional groups attached to an aromatic ring is 1. The second kappa shape index (κ2) is 4.08. The summed E-state index contributed by atoms with van der Waals surface area (Å²) in [6.45, 7) is 2.03. The van der Waals surface area contributed by atoms with Gasteiger partial charge in [-0.3, -0.25) is 0 Å². The molecule has 2 heterocycles. The topological polar surface area (TPSA) is 68.2 Å². The normalized spacial score (nSPS) is 15.4. The summed E-state index contributed by atoms with van der Waals surface area (Å²) < 4.78 is 5.26. The van der Waals surface area contributed by atoms with E-state index in [0.29, 0.717) is 11.8 Å². The standard InChI is InChI=1S/C12H14N4O/c13-10-5-3-9(4-6-10)11-14-12(15-17-11)16-7-1-2-8-16/h3-6H,1-2,7-8,13H2. The quantitative estimate of drug-likeness (QED) is 0.798. The smallest absolute Gasteiger partial charge is 0.266 e. The molecule has 17 heavy (non-hydrogen) atoms. The van der Waals surface area contributed by atoms with Crippen LogP contribution in [0.2, 0.25) is 0 Å². The lowest BCUT2D eigenvalue weighted by Gasteiger charge is -2.09. The Morgan fingerprint density at radius 1 is 1.12 bits per heavy atom. The highest BCUT2D eigenvalue weighted by Gasteiger charge is 2.18. The molecule has 3 rings (SSSR count). The van der Waals surface area contributed by atoms with Gasteiger partial charge in [-0.2, -0.15) is 4.98 Å². The Kier molecular flexibility index (Phi) is 2.44. The van der Waals surface area contributed by atoms with Crippen molar-refractivity contribution >= 4 is 11.6 Å². The SMILES string of the molecule is Nc1ccc(-c2nc(N3CCCC3)no2)cc1. The Labute approximate surface area is 99.2 Å². The molecule has 2 aromatic rings. The van der Waals surface area contributed by atoms with Crippen molar-refractivity contribution in [3.8, 4) is 11.5 Å². The summed E-state index contributed by atoms with van der Waals surface area (Å²) >= 11 is 0. The van der Waals surface area contributed by atoms with Crippen LogP contribution in [0.5, 0.6) is 0 Å². The van der Waals surface area contributed by atoms with Crippen molar-refractivity contribution in [1.29, 1.82) is 0 Å². The first kappa shape index (κ1) is 10.1. The largest absolute Gasteiger partial charge is 0.399 e. The molecule has 1 aliphatic heterocycles. The first-order chi connectivity index (χ1) is 8.33. The highest BCUT2D eigenvalue weighted by Crippen LogP contribution is 2.23. The van der Waals surface area contributed by atoms with Crippen LogP contribution in [0, 0.1) is 0 Å². The first-order valence-corrected chi connectivity index (χ1v) is 5.77. The molecule has 0 spiro atoms. The minimum atomic E-state index is 0.548. The zero-order valence-electron chi connectivity index (χ0n) is 9.47. The molecule has 1 saturated heterocycles. The van der Waals surface area contributed by atoms with Crippen LogP contribution in [0.4, 0.5) is 11.6 Å². The van der Waals surface area contributed by atoms with E-state index in [1.807, 2.05) is 24.3 Å². The van der Waals surface area contributed by atoms with Crippen LogP contribution in [0.25, 0.3) is 11.5 Å². The summed E-state index contributed by atoms with van der Waals surface area (Å²) in [5.74, 6) is 1.24. The van der Waals surface area contributed by atoms with E-state index in [0.717, 1.165) is 24.3 Å². The number of aromatic nitrogens is 2. The van der Waals surface area contributed by atoms with Crippen LogP contribution < -0.4 is 10.6 Å². The van der Waals surface area contributed by atoms with Crippen LogP contribution in [-0.4, -0.2) is 23.2 Å². The molecular weight excluding hydrogens is 216 g/mol. The number of rotatable bonds is 2. The zero-order chi connectivity index (χ0) is 11.7. The van der Waals surface area contributed by atoms with E-state index in [9.17, 15) is 0 Å². The fourth-order valence-electron chi connectivity index (χ4n) is 2.00. The van der Waals surface area contributed by atoms with E-state index < -0.39 is 0 Å². The van der Waals surface area contributed by atoms with Crippen molar-refractivity contribution in [1.82, 2.24) is 10.1 Å². The van der Waals surface area contributed by atoms with Crippen molar-refractivity contribution in [2.45, 2.75) is 12.8 Å². The maximum absolute atomic E-state index is 5.63. The minimum Gasteiger partial charge on any atom is -0.399 e. The molecule has 0 radical (unpaired) electrons. The maximum Gasteiger partial charge on any atom is 0.266 e. The van der Waals surface area contributed by atoms with E-state index in [1.54, 1.807) is 0 Å². The fourth-order valence-corrected chi connectivity index (χ4v) is 2.00. The van der Waals surface area contributed by atoms with Gasteiger partial charge in [0.15, 0.2) is 0 Å². The molecule has 1 aromatic carbocycles. The van der Waals surface area contributed by atoms with Gasteiger partial charge < -0.3 is 15.2 Å². The lowest BCUT2D eigenvalue weighted by atomic mass is 10.2. The average Bonchev–Trinajstić information content (AvgIpc) is 3.00. The summed E-state index contributed by atoms with van der Waals surface area (Å²) in [4.78, 5) is 6.54. The second-order valence-electron chi connectivity index (χ2n) is 4.22. The van der Waals surface area contributed by atoms with Crippen LogP contribution in [-0.2, 0) is 0 Å². The van der Waals surface area contributed by atoms with Crippen molar-refractivity contribution < 1.29 is 4.52 Å². The van der Waals surface area contributed by atoms with Crippen molar-refractivity contribution in [2.75, 3.05) is 23.7 Å². The van der Waals surface area contributed by atoms with Crippen molar-refractivity contribution in [2.24, 2.45) is 0 Å². The van der Waals surface area contributed by atoms with Gasteiger partial charge in [0, 0.05) is 24.3 Å². The Bertz CT molecular complexity index is 499. The minimum absolute atomic E-state index is 0.548. The van der Waals surface area contributed by atoms with E-state index in [4.69, 9.17) is 10.3 Å². The van der Waals surface area contributed by atoms with Gasteiger partial charge >= 0.3 is 0 Å². The summed E-state index contributed by atoms with van der Waals surface area (Å²) in [5.41, 5.74) is 7.26. The van der Waals surface area contributed by atoms with Gasteiger partial charge in [0.2, 0.25) is 0 Å². The van der Waals surface area contributed by atoms with Gasteiger partial charge in [0.1, 0.15) is 0 Å². The highest BCUT2D eigenvalue weighted by atomic mass is 16.5. The summed E-state index contributed by atoms with van der Waals surface area (Å²) in [5, 5.41) is 4.01. The molecule has 0 amide bonds. The summed E-state index contributed by atoms with van der Waals surface area (Å²) in [7, 11) is 0. The fraction of sp³-hybridized carbons (Fsp3) is 0.333. The number of anilines is 2. The molecule has 5 heteroatoms. The Morgan fingerprint density at radius 3 is 2.53 bits per heavy atom. The van der Waals surface area contributed by atoms with Crippen LogP contribution in [0.3, 0.4) is 0 Å². The Hall–Kier alpha value is -2.04. The van der Waals surface area contributed by atoms with Gasteiger partial charge in [-0.1, -0.05) is 0 Å². The predicted molar refractivity (Wildman–Crippen MR) is 65.6 cm³/mol. The molecule has 1 aliphatic rings. The third-order valence-corrected chi connectivity index (χ3v) is 2.96.